The smallest absolute Gasteiger partial charge is 0.169 e. The first kappa shape index (κ1) is 15.0. The number of halogens is 2. The molecule has 0 aromatic heterocycles. The zero-order valence-corrected chi connectivity index (χ0v) is 11.0. The molecule has 1 N–H and O–H groups in total. The second-order valence-electron chi connectivity index (χ2n) is 4.72. The number of rotatable bonds is 5. The SMILES string of the molecule is O=C(CCN1CCOCC1CO)c1cccc(F)c1F. The fraction of sp³-hybridized carbons (Fsp3) is 0.500. The predicted octanol–water partition coefficient (Wildman–Crippen LogP) is 1.23. The molecule has 1 atom stereocenters. The average molecular weight is 285 g/mol. The van der Waals surface area contributed by atoms with Crippen LogP contribution in [-0.2, 0) is 4.74 Å². The summed E-state index contributed by atoms with van der Waals surface area (Å²) in [5.74, 6) is -2.56. The van der Waals surface area contributed by atoms with Crippen molar-refractivity contribution in [1.82, 2.24) is 4.90 Å². The van der Waals surface area contributed by atoms with E-state index in [-0.39, 0.29) is 24.6 Å². The van der Waals surface area contributed by atoms with Crippen molar-refractivity contribution >= 4 is 5.78 Å². The lowest BCUT2D eigenvalue weighted by atomic mass is 10.1. The van der Waals surface area contributed by atoms with Crippen LogP contribution in [-0.4, -0.2) is 54.7 Å². The minimum absolute atomic E-state index is 0.0531. The molecule has 1 fully saturated rings. The molecule has 1 unspecified atom stereocenters. The molecular formula is C14H17F2NO3. The van der Waals surface area contributed by atoms with Gasteiger partial charge in [-0.05, 0) is 12.1 Å². The highest BCUT2D eigenvalue weighted by Crippen LogP contribution is 2.14. The van der Waals surface area contributed by atoms with Crippen molar-refractivity contribution in [3.63, 3.8) is 0 Å². The molecule has 1 aromatic rings. The van der Waals surface area contributed by atoms with E-state index in [1.165, 1.54) is 12.1 Å². The van der Waals surface area contributed by atoms with Crippen LogP contribution in [0.1, 0.15) is 16.8 Å². The Labute approximate surface area is 116 Å². The number of carbonyl (C=O) groups is 1. The van der Waals surface area contributed by atoms with Crippen LogP contribution >= 0.6 is 0 Å². The molecule has 110 valence electrons. The first-order chi connectivity index (χ1) is 9.63. The van der Waals surface area contributed by atoms with Crippen LogP contribution in [0, 0.1) is 11.6 Å². The van der Waals surface area contributed by atoms with Gasteiger partial charge in [-0.3, -0.25) is 9.69 Å². The van der Waals surface area contributed by atoms with Gasteiger partial charge in [-0.2, -0.15) is 0 Å². The maximum atomic E-state index is 13.5. The van der Waals surface area contributed by atoms with Crippen LogP contribution in [0.3, 0.4) is 0 Å². The molecule has 2 rings (SSSR count). The topological polar surface area (TPSA) is 49.8 Å². The standard InChI is InChI=1S/C14H17F2NO3/c15-12-3-1-2-11(14(12)16)13(19)4-5-17-6-7-20-9-10(17)8-18/h1-3,10,18H,4-9H2. The minimum atomic E-state index is -1.10. The van der Waals surface area contributed by atoms with Gasteiger partial charge in [0.1, 0.15) is 0 Å². The molecule has 1 aliphatic heterocycles. The van der Waals surface area contributed by atoms with Gasteiger partial charge in [-0.1, -0.05) is 6.07 Å². The Morgan fingerprint density at radius 3 is 3.00 bits per heavy atom. The molecule has 6 heteroatoms. The number of nitrogens with zero attached hydrogens (tertiary/aromatic N) is 1. The second-order valence-corrected chi connectivity index (χ2v) is 4.72. The molecule has 1 aliphatic rings. The third-order valence-corrected chi connectivity index (χ3v) is 3.44. The van der Waals surface area contributed by atoms with Gasteiger partial charge in [-0.25, -0.2) is 8.78 Å². The van der Waals surface area contributed by atoms with Crippen molar-refractivity contribution in [2.24, 2.45) is 0 Å². The molecule has 0 aliphatic carbocycles. The average Bonchev–Trinajstić information content (AvgIpc) is 2.48. The third-order valence-electron chi connectivity index (χ3n) is 3.44. The lowest BCUT2D eigenvalue weighted by Crippen LogP contribution is -2.48. The summed E-state index contributed by atoms with van der Waals surface area (Å²) in [6.07, 6.45) is 0.0802. The molecule has 0 saturated carbocycles. The Kier molecular flexibility index (Phi) is 5.17. The number of morpholine rings is 1. The number of benzene rings is 1. The fourth-order valence-electron chi connectivity index (χ4n) is 2.25. The summed E-state index contributed by atoms with van der Waals surface area (Å²) in [7, 11) is 0. The summed E-state index contributed by atoms with van der Waals surface area (Å²) in [4.78, 5) is 13.9. The Bertz CT molecular complexity index is 481. The number of ketones is 1. The van der Waals surface area contributed by atoms with Crippen molar-refractivity contribution in [2.45, 2.75) is 12.5 Å². The minimum Gasteiger partial charge on any atom is -0.395 e. The Morgan fingerprint density at radius 2 is 2.25 bits per heavy atom. The number of aliphatic hydroxyl groups is 1. The first-order valence-corrected chi connectivity index (χ1v) is 6.53. The summed E-state index contributed by atoms with van der Waals surface area (Å²) < 4.78 is 31.8. The van der Waals surface area contributed by atoms with E-state index in [2.05, 4.69) is 0 Å². The summed E-state index contributed by atoms with van der Waals surface area (Å²) in [6, 6.07) is 3.44. The number of hydrogen-bond donors (Lipinski definition) is 1. The summed E-state index contributed by atoms with van der Waals surface area (Å²) in [5.41, 5.74) is -0.223. The van der Waals surface area contributed by atoms with Gasteiger partial charge in [0.05, 0.1) is 31.4 Å². The summed E-state index contributed by atoms with van der Waals surface area (Å²) >= 11 is 0. The number of ether oxygens (including phenoxy) is 1. The van der Waals surface area contributed by atoms with Crippen LogP contribution in [0.25, 0.3) is 0 Å². The monoisotopic (exact) mass is 285 g/mol. The maximum Gasteiger partial charge on any atom is 0.169 e. The van der Waals surface area contributed by atoms with Crippen molar-refractivity contribution in [2.75, 3.05) is 32.9 Å². The number of Topliss-reactive ketones (excluding diaryl/α,β-unsaturated/α-hetero) is 1. The molecular weight excluding hydrogens is 268 g/mol. The van der Waals surface area contributed by atoms with Gasteiger partial charge in [0, 0.05) is 19.5 Å². The van der Waals surface area contributed by atoms with E-state index in [9.17, 15) is 18.7 Å². The molecule has 20 heavy (non-hydrogen) atoms. The van der Waals surface area contributed by atoms with E-state index < -0.39 is 17.4 Å². The van der Waals surface area contributed by atoms with Gasteiger partial charge >= 0.3 is 0 Å². The number of hydrogen-bond acceptors (Lipinski definition) is 4. The van der Waals surface area contributed by atoms with Gasteiger partial charge in [0.2, 0.25) is 0 Å². The largest absolute Gasteiger partial charge is 0.395 e. The number of aliphatic hydroxyl groups excluding tert-OH is 1. The molecule has 1 aromatic carbocycles. The second kappa shape index (κ2) is 6.88. The van der Waals surface area contributed by atoms with Crippen LogP contribution in [0.15, 0.2) is 18.2 Å². The van der Waals surface area contributed by atoms with Crippen molar-refractivity contribution in [3.05, 3.63) is 35.4 Å². The van der Waals surface area contributed by atoms with Crippen LogP contribution in [0.4, 0.5) is 8.78 Å². The lowest BCUT2D eigenvalue weighted by Gasteiger charge is -2.34. The quantitative estimate of drug-likeness (QED) is 0.827. The molecule has 0 bridgehead atoms. The Hall–Kier alpha value is -1.37. The summed E-state index contributed by atoms with van der Waals surface area (Å²) in [6.45, 7) is 1.91. The van der Waals surface area contributed by atoms with E-state index in [0.29, 0.717) is 26.3 Å². The first-order valence-electron chi connectivity index (χ1n) is 6.53. The predicted molar refractivity (Wildman–Crippen MR) is 68.6 cm³/mol. The highest BCUT2D eigenvalue weighted by Gasteiger charge is 2.23. The van der Waals surface area contributed by atoms with Crippen LogP contribution < -0.4 is 0 Å². The van der Waals surface area contributed by atoms with Gasteiger partial charge in [0.25, 0.3) is 0 Å². The molecule has 1 saturated heterocycles. The maximum absolute atomic E-state index is 13.5. The summed E-state index contributed by atoms with van der Waals surface area (Å²) in [5, 5.41) is 9.21. The van der Waals surface area contributed by atoms with E-state index >= 15 is 0 Å². The molecule has 4 nitrogen and oxygen atoms in total. The lowest BCUT2D eigenvalue weighted by molar-refractivity contribution is -0.0270. The Balaban J connectivity index is 1.96. The zero-order valence-electron chi connectivity index (χ0n) is 11.0. The Morgan fingerprint density at radius 1 is 1.45 bits per heavy atom. The number of carbonyl (C=O) groups excluding carboxylic acids is 1. The molecule has 0 spiro atoms. The van der Waals surface area contributed by atoms with Crippen molar-refractivity contribution in [1.29, 1.82) is 0 Å². The zero-order chi connectivity index (χ0) is 14.5. The van der Waals surface area contributed by atoms with Crippen LogP contribution in [0.2, 0.25) is 0 Å². The molecule has 1 heterocycles. The third kappa shape index (κ3) is 3.39. The van der Waals surface area contributed by atoms with Gasteiger partial charge in [0.15, 0.2) is 17.4 Å². The highest BCUT2D eigenvalue weighted by atomic mass is 19.2. The van der Waals surface area contributed by atoms with Crippen LogP contribution in [0.5, 0.6) is 0 Å². The van der Waals surface area contributed by atoms with Gasteiger partial charge in [-0.15, -0.1) is 0 Å². The molecule has 0 radical (unpaired) electrons. The van der Waals surface area contributed by atoms with Gasteiger partial charge < -0.3 is 9.84 Å². The van der Waals surface area contributed by atoms with E-state index in [4.69, 9.17) is 4.74 Å². The molecule has 0 amide bonds. The highest BCUT2D eigenvalue weighted by molar-refractivity contribution is 5.96. The van der Waals surface area contributed by atoms with E-state index in [0.717, 1.165) is 6.07 Å². The normalized spacial score (nSPS) is 20.1. The van der Waals surface area contributed by atoms with Crippen molar-refractivity contribution in [3.8, 4) is 0 Å². The van der Waals surface area contributed by atoms with E-state index in [1.807, 2.05) is 4.90 Å². The van der Waals surface area contributed by atoms with E-state index in [1.54, 1.807) is 0 Å². The fourth-order valence-corrected chi connectivity index (χ4v) is 2.25. The van der Waals surface area contributed by atoms with Crippen molar-refractivity contribution < 1.29 is 23.4 Å².